The molecule has 1 aromatic heterocycles. The molecule has 0 atom stereocenters. The highest BCUT2D eigenvalue weighted by molar-refractivity contribution is 6.09. The Morgan fingerprint density at radius 3 is 2.39 bits per heavy atom. The van der Waals surface area contributed by atoms with Crippen LogP contribution in [-0.4, -0.2) is 10.8 Å². The molecule has 2 heteroatoms. The van der Waals surface area contributed by atoms with Crippen molar-refractivity contribution in [2.75, 3.05) is 0 Å². The summed E-state index contributed by atoms with van der Waals surface area (Å²) in [6, 6.07) is 25.2. The van der Waals surface area contributed by atoms with Crippen LogP contribution in [0.5, 0.6) is 0 Å². The van der Waals surface area contributed by atoms with Crippen molar-refractivity contribution < 1.29 is 0 Å². The lowest BCUT2D eigenvalue weighted by molar-refractivity contribution is 0.827. The zero-order valence-electron chi connectivity index (χ0n) is 13.1. The summed E-state index contributed by atoms with van der Waals surface area (Å²) in [5.74, 6) is 0. The van der Waals surface area contributed by atoms with Crippen LogP contribution in [0.4, 0.5) is 5.69 Å². The van der Waals surface area contributed by atoms with Gasteiger partial charge in [0.2, 0.25) is 0 Å². The van der Waals surface area contributed by atoms with Gasteiger partial charge in [-0.1, -0.05) is 48.5 Å². The molecule has 0 spiro atoms. The molecule has 0 amide bonds. The lowest BCUT2D eigenvalue weighted by Crippen LogP contribution is -1.92. The first-order chi connectivity index (χ1) is 11.4. The molecule has 0 saturated carbocycles. The molecule has 0 bridgehead atoms. The number of nitrogens with zero attached hydrogens (tertiary/aromatic N) is 2. The molecule has 112 valence electrons. The van der Waals surface area contributed by atoms with Crippen LogP contribution in [-0.2, 0) is 6.54 Å². The highest BCUT2D eigenvalue weighted by atomic mass is 15.0. The van der Waals surface area contributed by atoms with E-state index in [2.05, 4.69) is 71.1 Å². The quantitative estimate of drug-likeness (QED) is 0.440. The topological polar surface area (TPSA) is 17.3 Å². The second-order valence-corrected chi connectivity index (χ2v) is 5.63. The van der Waals surface area contributed by atoms with Gasteiger partial charge in [-0.25, -0.2) is 0 Å². The van der Waals surface area contributed by atoms with Crippen LogP contribution in [0, 0.1) is 0 Å². The first kappa shape index (κ1) is 13.8. The summed E-state index contributed by atoms with van der Waals surface area (Å²) in [6.45, 7) is 3.16. The standard InChI is InChI=1S/C21H18N2/c1-2-23-20-11-7-6-10-18(20)19-14-17(12-13-21(19)23)22-15-16-8-4-3-5-9-16/h3-15H,2H2,1H3. The minimum Gasteiger partial charge on any atom is -0.341 e. The van der Waals surface area contributed by atoms with Gasteiger partial charge in [-0.2, -0.15) is 0 Å². The molecule has 0 unspecified atom stereocenters. The van der Waals surface area contributed by atoms with Gasteiger partial charge in [-0.15, -0.1) is 0 Å². The first-order valence-corrected chi connectivity index (χ1v) is 7.97. The van der Waals surface area contributed by atoms with Gasteiger partial charge in [0.15, 0.2) is 0 Å². The fourth-order valence-corrected chi connectivity index (χ4v) is 3.15. The van der Waals surface area contributed by atoms with Crippen molar-refractivity contribution in [3.05, 3.63) is 78.4 Å². The largest absolute Gasteiger partial charge is 0.341 e. The van der Waals surface area contributed by atoms with Gasteiger partial charge in [0.25, 0.3) is 0 Å². The summed E-state index contributed by atoms with van der Waals surface area (Å²) in [5, 5.41) is 2.56. The Labute approximate surface area is 135 Å². The molecule has 3 aromatic carbocycles. The lowest BCUT2D eigenvalue weighted by Gasteiger charge is -2.02. The minimum absolute atomic E-state index is 0.969. The average Bonchev–Trinajstić information content (AvgIpc) is 2.94. The highest BCUT2D eigenvalue weighted by Gasteiger charge is 2.09. The van der Waals surface area contributed by atoms with E-state index in [0.717, 1.165) is 17.8 Å². The van der Waals surface area contributed by atoms with Crippen LogP contribution in [0.15, 0.2) is 77.8 Å². The van der Waals surface area contributed by atoms with E-state index in [0.29, 0.717) is 0 Å². The van der Waals surface area contributed by atoms with E-state index in [9.17, 15) is 0 Å². The van der Waals surface area contributed by atoms with E-state index in [-0.39, 0.29) is 0 Å². The smallest absolute Gasteiger partial charge is 0.0637 e. The molecule has 2 nitrogen and oxygen atoms in total. The van der Waals surface area contributed by atoms with E-state index in [1.54, 1.807) is 0 Å². The van der Waals surface area contributed by atoms with Gasteiger partial charge in [0.05, 0.1) is 5.69 Å². The molecule has 4 aromatic rings. The second kappa shape index (κ2) is 5.73. The van der Waals surface area contributed by atoms with Gasteiger partial charge in [0, 0.05) is 34.6 Å². The van der Waals surface area contributed by atoms with Crippen molar-refractivity contribution >= 4 is 33.7 Å². The number of para-hydroxylation sites is 1. The number of rotatable bonds is 3. The number of fused-ring (bicyclic) bond motifs is 3. The molecular weight excluding hydrogens is 280 g/mol. The van der Waals surface area contributed by atoms with Crippen molar-refractivity contribution in [3.63, 3.8) is 0 Å². The van der Waals surface area contributed by atoms with E-state index in [1.807, 2.05) is 24.4 Å². The number of aliphatic imine (C=N–C) groups is 1. The molecule has 0 radical (unpaired) electrons. The van der Waals surface area contributed by atoms with Crippen molar-refractivity contribution in [2.45, 2.75) is 13.5 Å². The van der Waals surface area contributed by atoms with Gasteiger partial charge in [0.1, 0.15) is 0 Å². The maximum absolute atomic E-state index is 4.63. The van der Waals surface area contributed by atoms with E-state index < -0.39 is 0 Å². The first-order valence-electron chi connectivity index (χ1n) is 7.97. The van der Waals surface area contributed by atoms with E-state index in [1.165, 1.54) is 21.8 Å². The van der Waals surface area contributed by atoms with Crippen LogP contribution < -0.4 is 0 Å². The molecule has 0 N–H and O–H groups in total. The SMILES string of the molecule is CCn1c2ccccc2c2cc(N=Cc3ccccc3)ccc21. The Balaban J connectivity index is 1.85. The summed E-state index contributed by atoms with van der Waals surface area (Å²) >= 11 is 0. The maximum atomic E-state index is 4.63. The van der Waals surface area contributed by atoms with Crippen molar-refractivity contribution in [1.82, 2.24) is 4.57 Å². The number of aromatic nitrogens is 1. The molecule has 0 aliphatic heterocycles. The molecule has 0 fully saturated rings. The van der Waals surface area contributed by atoms with Crippen LogP contribution in [0.2, 0.25) is 0 Å². The Kier molecular flexibility index (Phi) is 3.43. The summed E-state index contributed by atoms with van der Waals surface area (Å²) < 4.78 is 2.36. The van der Waals surface area contributed by atoms with Gasteiger partial charge in [-0.05, 0) is 36.8 Å². The van der Waals surface area contributed by atoms with Crippen molar-refractivity contribution in [2.24, 2.45) is 4.99 Å². The fourth-order valence-electron chi connectivity index (χ4n) is 3.15. The molecule has 4 rings (SSSR count). The predicted molar refractivity (Wildman–Crippen MR) is 98.8 cm³/mol. The Morgan fingerprint density at radius 2 is 1.57 bits per heavy atom. The third-order valence-corrected chi connectivity index (χ3v) is 4.23. The summed E-state index contributed by atoms with van der Waals surface area (Å²) in [7, 11) is 0. The molecule has 0 saturated heterocycles. The second-order valence-electron chi connectivity index (χ2n) is 5.63. The van der Waals surface area contributed by atoms with Crippen LogP contribution in [0.1, 0.15) is 12.5 Å². The maximum Gasteiger partial charge on any atom is 0.0637 e. The van der Waals surface area contributed by atoms with E-state index in [4.69, 9.17) is 0 Å². The Morgan fingerprint density at radius 1 is 0.826 bits per heavy atom. The zero-order chi connectivity index (χ0) is 15.6. The van der Waals surface area contributed by atoms with Crippen molar-refractivity contribution in [3.8, 4) is 0 Å². The Hall–Kier alpha value is -2.87. The number of hydrogen-bond donors (Lipinski definition) is 0. The molecule has 23 heavy (non-hydrogen) atoms. The third-order valence-electron chi connectivity index (χ3n) is 4.23. The summed E-state index contributed by atoms with van der Waals surface area (Å²) in [6.07, 6.45) is 1.92. The van der Waals surface area contributed by atoms with Gasteiger partial charge < -0.3 is 4.57 Å². The van der Waals surface area contributed by atoms with E-state index >= 15 is 0 Å². The van der Waals surface area contributed by atoms with Crippen LogP contribution in [0.25, 0.3) is 21.8 Å². The van der Waals surface area contributed by atoms with Crippen LogP contribution in [0.3, 0.4) is 0 Å². The average molecular weight is 298 g/mol. The fraction of sp³-hybridized carbons (Fsp3) is 0.0952. The molecule has 0 aliphatic carbocycles. The monoisotopic (exact) mass is 298 g/mol. The zero-order valence-corrected chi connectivity index (χ0v) is 13.1. The van der Waals surface area contributed by atoms with Crippen molar-refractivity contribution in [1.29, 1.82) is 0 Å². The summed E-state index contributed by atoms with van der Waals surface area (Å²) in [5.41, 5.74) is 4.66. The van der Waals surface area contributed by atoms with Crippen LogP contribution >= 0.6 is 0 Å². The number of aryl methyl sites for hydroxylation is 1. The minimum atomic E-state index is 0.969. The lowest BCUT2D eigenvalue weighted by atomic mass is 10.1. The highest BCUT2D eigenvalue weighted by Crippen LogP contribution is 2.31. The summed E-state index contributed by atoms with van der Waals surface area (Å²) in [4.78, 5) is 4.63. The van der Waals surface area contributed by atoms with Gasteiger partial charge in [-0.3, -0.25) is 4.99 Å². The normalized spacial score (nSPS) is 11.7. The molecule has 1 heterocycles. The van der Waals surface area contributed by atoms with Gasteiger partial charge >= 0.3 is 0 Å². The number of benzene rings is 3. The number of hydrogen-bond acceptors (Lipinski definition) is 1. The predicted octanol–water partition coefficient (Wildman–Crippen LogP) is 5.57. The third kappa shape index (κ3) is 2.42. The molecular formula is C21H18N2. The molecule has 0 aliphatic rings. The Bertz CT molecular complexity index is 994.